The van der Waals surface area contributed by atoms with Crippen molar-refractivity contribution in [3.05, 3.63) is 0 Å². The van der Waals surface area contributed by atoms with Crippen LogP contribution in [0.5, 0.6) is 0 Å². The summed E-state index contributed by atoms with van der Waals surface area (Å²) in [4.78, 5) is 0. The number of hydrogen-bond donors (Lipinski definition) is 3. The first-order chi connectivity index (χ1) is 13.8. The van der Waals surface area contributed by atoms with E-state index >= 15 is 0 Å². The lowest BCUT2D eigenvalue weighted by Crippen LogP contribution is -2.37. The number of thiol groups is 1. The lowest BCUT2D eigenvalue weighted by molar-refractivity contribution is 0.283. The molecule has 2 N–H and O–H groups in total. The predicted octanol–water partition coefficient (Wildman–Crippen LogP) is 7.96. The van der Waals surface area contributed by atoms with Gasteiger partial charge in [0.2, 0.25) is 0 Å². The first-order valence-corrected chi connectivity index (χ1v) is 13.5. The Morgan fingerprint density at radius 1 is 0.586 bits per heavy atom. The van der Waals surface area contributed by atoms with Gasteiger partial charge in [-0.25, -0.2) is 0 Å². The third-order valence-electron chi connectivity index (χ3n) is 5.94. The molecule has 0 saturated carbocycles. The van der Waals surface area contributed by atoms with Gasteiger partial charge in [0.1, 0.15) is 0 Å². The van der Waals surface area contributed by atoms with Crippen molar-refractivity contribution in [1.29, 1.82) is 0 Å². The monoisotopic (exact) mass is 494 g/mol. The molecule has 0 aromatic heterocycles. The highest BCUT2D eigenvalue weighted by molar-refractivity contribution is 8.93. The standard InChI is InChI=1S/C25H54N2S.BrH/c1-4-7-12-19-25(27-22-14-10-8-9-11-16-23-28)24(17-5-2)18-13-15-21-26-20-6-3;/h24-28H,4-23H2,1-3H3;1H. The fourth-order valence-corrected chi connectivity index (χ4v) is 4.45. The van der Waals surface area contributed by atoms with Crippen molar-refractivity contribution in [2.24, 2.45) is 5.92 Å². The zero-order valence-electron chi connectivity index (χ0n) is 20.2. The number of nitrogens with one attached hydrogen (secondary N) is 2. The van der Waals surface area contributed by atoms with Crippen molar-refractivity contribution in [2.45, 2.75) is 130 Å². The van der Waals surface area contributed by atoms with Crippen LogP contribution >= 0.6 is 29.6 Å². The van der Waals surface area contributed by atoms with E-state index in [0.717, 1.165) is 17.7 Å². The summed E-state index contributed by atoms with van der Waals surface area (Å²) in [7, 11) is 0. The minimum atomic E-state index is 0. The van der Waals surface area contributed by atoms with Gasteiger partial charge >= 0.3 is 0 Å². The van der Waals surface area contributed by atoms with E-state index in [-0.39, 0.29) is 17.0 Å². The van der Waals surface area contributed by atoms with Gasteiger partial charge in [0, 0.05) is 6.04 Å². The van der Waals surface area contributed by atoms with Crippen molar-refractivity contribution in [3.8, 4) is 0 Å². The summed E-state index contributed by atoms with van der Waals surface area (Å²) in [5, 5.41) is 7.56. The third kappa shape index (κ3) is 21.8. The van der Waals surface area contributed by atoms with Gasteiger partial charge in [-0.1, -0.05) is 78.6 Å². The highest BCUT2D eigenvalue weighted by atomic mass is 79.9. The summed E-state index contributed by atoms with van der Waals surface area (Å²) < 4.78 is 0. The van der Waals surface area contributed by atoms with E-state index < -0.39 is 0 Å². The molecule has 0 aromatic rings. The molecule has 0 aliphatic rings. The molecule has 0 aliphatic heterocycles. The predicted molar refractivity (Wildman–Crippen MR) is 143 cm³/mol. The first-order valence-electron chi connectivity index (χ1n) is 12.8. The van der Waals surface area contributed by atoms with Gasteiger partial charge in [-0.3, -0.25) is 0 Å². The minimum Gasteiger partial charge on any atom is -0.317 e. The largest absolute Gasteiger partial charge is 0.317 e. The molecule has 2 atom stereocenters. The van der Waals surface area contributed by atoms with Crippen molar-refractivity contribution in [2.75, 3.05) is 25.4 Å². The van der Waals surface area contributed by atoms with Crippen LogP contribution in [0.15, 0.2) is 0 Å². The number of unbranched alkanes of at least 4 members (excludes halogenated alkanes) is 8. The molecular weight excluding hydrogens is 440 g/mol. The number of hydrogen-bond acceptors (Lipinski definition) is 3. The molecule has 2 unspecified atom stereocenters. The summed E-state index contributed by atoms with van der Waals surface area (Å²) in [6.45, 7) is 10.5. The van der Waals surface area contributed by atoms with E-state index in [2.05, 4.69) is 44.0 Å². The fourth-order valence-electron chi connectivity index (χ4n) is 4.23. The number of rotatable bonds is 23. The normalized spacial score (nSPS) is 13.2. The quantitative estimate of drug-likeness (QED) is 0.0989. The highest BCUT2D eigenvalue weighted by Crippen LogP contribution is 2.23. The maximum atomic E-state index is 4.30. The summed E-state index contributed by atoms with van der Waals surface area (Å²) in [5.41, 5.74) is 0. The molecule has 0 rings (SSSR count). The maximum absolute atomic E-state index is 4.30. The molecule has 0 spiro atoms. The van der Waals surface area contributed by atoms with Crippen LogP contribution in [-0.2, 0) is 0 Å². The zero-order valence-corrected chi connectivity index (χ0v) is 22.8. The summed E-state index contributed by atoms with van der Waals surface area (Å²) in [6.07, 6.45) is 21.8. The van der Waals surface area contributed by atoms with E-state index in [9.17, 15) is 0 Å². The van der Waals surface area contributed by atoms with Gasteiger partial charge in [0.15, 0.2) is 0 Å². The van der Waals surface area contributed by atoms with Gasteiger partial charge < -0.3 is 10.6 Å². The minimum absolute atomic E-state index is 0. The Hall–Kier alpha value is 0.750. The van der Waals surface area contributed by atoms with Gasteiger partial charge in [0.25, 0.3) is 0 Å². The van der Waals surface area contributed by atoms with Crippen LogP contribution in [-0.4, -0.2) is 31.4 Å². The maximum Gasteiger partial charge on any atom is 0.00953 e. The Balaban J connectivity index is 0. The first kappa shape index (κ1) is 31.9. The van der Waals surface area contributed by atoms with E-state index in [1.165, 1.54) is 122 Å². The topological polar surface area (TPSA) is 24.1 Å². The van der Waals surface area contributed by atoms with Crippen molar-refractivity contribution < 1.29 is 0 Å². The molecule has 0 aromatic carbocycles. The van der Waals surface area contributed by atoms with E-state index in [0.29, 0.717) is 0 Å². The Kier molecular flexibility index (Phi) is 29.5. The molecule has 0 heterocycles. The summed E-state index contributed by atoms with van der Waals surface area (Å²) >= 11 is 4.30. The SMILES string of the molecule is Br.CCCCCC(NCCCCCCCCS)C(CCC)CCCCNCCC. The average molecular weight is 496 g/mol. The van der Waals surface area contributed by atoms with Crippen LogP contribution in [0.3, 0.4) is 0 Å². The van der Waals surface area contributed by atoms with Crippen molar-refractivity contribution in [1.82, 2.24) is 10.6 Å². The highest BCUT2D eigenvalue weighted by Gasteiger charge is 2.19. The average Bonchev–Trinajstić information content (AvgIpc) is 2.70. The second-order valence-corrected chi connectivity index (χ2v) is 9.14. The van der Waals surface area contributed by atoms with Crippen LogP contribution in [0.1, 0.15) is 124 Å². The van der Waals surface area contributed by atoms with E-state index in [4.69, 9.17) is 0 Å². The van der Waals surface area contributed by atoms with E-state index in [1.54, 1.807) is 0 Å². The summed E-state index contributed by atoms with van der Waals surface area (Å²) in [6, 6.07) is 0.749. The molecule has 0 radical (unpaired) electrons. The second-order valence-electron chi connectivity index (χ2n) is 8.70. The van der Waals surface area contributed by atoms with Crippen LogP contribution in [0.2, 0.25) is 0 Å². The molecule has 0 aliphatic carbocycles. The summed E-state index contributed by atoms with van der Waals surface area (Å²) in [5.74, 6) is 1.93. The fraction of sp³-hybridized carbons (Fsp3) is 1.00. The molecule has 0 fully saturated rings. The molecule has 0 saturated heterocycles. The Labute approximate surface area is 200 Å². The Bertz CT molecular complexity index is 292. The van der Waals surface area contributed by atoms with Gasteiger partial charge in [0.05, 0.1) is 0 Å². The van der Waals surface area contributed by atoms with Crippen LogP contribution in [0, 0.1) is 5.92 Å². The molecule has 178 valence electrons. The van der Waals surface area contributed by atoms with Gasteiger partial charge in [-0.05, 0) is 76.3 Å². The Morgan fingerprint density at radius 2 is 1.24 bits per heavy atom. The smallest absolute Gasteiger partial charge is 0.00953 e. The van der Waals surface area contributed by atoms with Crippen molar-refractivity contribution >= 4 is 29.6 Å². The molecule has 0 amide bonds. The van der Waals surface area contributed by atoms with E-state index in [1.807, 2.05) is 0 Å². The molecule has 0 bridgehead atoms. The van der Waals surface area contributed by atoms with Gasteiger partial charge in [-0.2, -0.15) is 12.6 Å². The zero-order chi connectivity index (χ0) is 20.7. The molecule has 4 heteroatoms. The molecule has 29 heavy (non-hydrogen) atoms. The van der Waals surface area contributed by atoms with Gasteiger partial charge in [-0.15, -0.1) is 17.0 Å². The molecule has 2 nitrogen and oxygen atoms in total. The lowest BCUT2D eigenvalue weighted by atomic mass is 9.86. The third-order valence-corrected chi connectivity index (χ3v) is 6.26. The second kappa shape index (κ2) is 26.8. The molecular formula is C25H55BrN2S. The van der Waals surface area contributed by atoms with Crippen molar-refractivity contribution in [3.63, 3.8) is 0 Å². The number of halogens is 1. The van der Waals surface area contributed by atoms with Crippen LogP contribution < -0.4 is 10.6 Å². The lowest BCUT2D eigenvalue weighted by Gasteiger charge is -2.29. The van der Waals surface area contributed by atoms with Crippen LogP contribution in [0.25, 0.3) is 0 Å². The Morgan fingerprint density at radius 3 is 1.90 bits per heavy atom. The van der Waals surface area contributed by atoms with Crippen LogP contribution in [0.4, 0.5) is 0 Å².